The normalized spacial score (nSPS) is 18.8. The summed E-state index contributed by atoms with van der Waals surface area (Å²) in [6.45, 7) is 0.333. The van der Waals surface area contributed by atoms with Crippen LogP contribution in [0.3, 0.4) is 0 Å². The number of anilines is 1. The van der Waals surface area contributed by atoms with E-state index in [1.807, 2.05) is 18.2 Å². The van der Waals surface area contributed by atoms with Crippen molar-refractivity contribution in [2.45, 2.75) is 6.42 Å². The van der Waals surface area contributed by atoms with E-state index in [0.29, 0.717) is 6.54 Å². The van der Waals surface area contributed by atoms with Crippen molar-refractivity contribution in [3.8, 4) is 0 Å². The second-order valence-electron chi connectivity index (χ2n) is 4.80. The molecule has 1 unspecified atom stereocenters. The summed E-state index contributed by atoms with van der Waals surface area (Å²) in [4.78, 5) is 29.3. The summed E-state index contributed by atoms with van der Waals surface area (Å²) in [5.74, 6) is -0.931. The molecular formula is C14H12BrN3O2. The number of rotatable bonds is 2. The number of nitrogens with zero attached hydrogens (tertiary/aromatic N) is 2. The second-order valence-corrected chi connectivity index (χ2v) is 5.71. The molecule has 102 valence electrons. The van der Waals surface area contributed by atoms with Gasteiger partial charge in [-0.3, -0.25) is 14.6 Å². The third-order valence-electron chi connectivity index (χ3n) is 3.50. The molecule has 1 aliphatic heterocycles. The van der Waals surface area contributed by atoms with Crippen molar-refractivity contribution in [1.82, 2.24) is 4.98 Å². The summed E-state index contributed by atoms with van der Waals surface area (Å²) in [5.41, 5.74) is 6.87. The number of halogens is 1. The Kier molecular flexibility index (Phi) is 3.17. The van der Waals surface area contributed by atoms with Gasteiger partial charge in [-0.1, -0.05) is 15.9 Å². The van der Waals surface area contributed by atoms with Crippen molar-refractivity contribution in [2.75, 3.05) is 11.4 Å². The lowest BCUT2D eigenvalue weighted by molar-refractivity contribution is -0.123. The molecule has 0 bridgehead atoms. The van der Waals surface area contributed by atoms with E-state index in [2.05, 4.69) is 20.9 Å². The van der Waals surface area contributed by atoms with Gasteiger partial charge in [-0.05, 0) is 24.3 Å². The highest BCUT2D eigenvalue weighted by atomic mass is 79.9. The minimum Gasteiger partial charge on any atom is -0.369 e. The molecule has 1 fully saturated rings. The Balaban J connectivity index is 2.08. The standard InChI is InChI=1S/C14H12BrN3O2/c15-9-1-2-11-10(6-9)12(3-4-17-11)18-7-8(14(16)20)5-13(18)19/h1-4,6,8H,5,7H2,(H2,16,20). The Labute approximate surface area is 123 Å². The quantitative estimate of drug-likeness (QED) is 0.910. The molecule has 2 N–H and O–H groups in total. The van der Waals surface area contributed by atoms with Crippen LogP contribution < -0.4 is 10.6 Å². The molecule has 5 nitrogen and oxygen atoms in total. The summed E-state index contributed by atoms with van der Waals surface area (Å²) in [5, 5.41) is 0.875. The minimum absolute atomic E-state index is 0.0822. The SMILES string of the molecule is NC(=O)C1CC(=O)N(c2ccnc3ccc(Br)cc23)C1. The molecule has 1 aromatic heterocycles. The van der Waals surface area contributed by atoms with Crippen molar-refractivity contribution < 1.29 is 9.59 Å². The maximum Gasteiger partial charge on any atom is 0.227 e. The van der Waals surface area contributed by atoms with Crippen LogP contribution in [0.25, 0.3) is 10.9 Å². The van der Waals surface area contributed by atoms with E-state index in [9.17, 15) is 9.59 Å². The number of aromatic nitrogens is 1. The molecule has 0 aliphatic carbocycles. The Bertz CT molecular complexity index is 717. The molecule has 2 amide bonds. The third-order valence-corrected chi connectivity index (χ3v) is 3.99. The molecule has 1 saturated heterocycles. The maximum atomic E-state index is 12.1. The summed E-state index contributed by atoms with van der Waals surface area (Å²) in [6, 6.07) is 7.49. The van der Waals surface area contributed by atoms with Crippen LogP contribution in [-0.4, -0.2) is 23.3 Å². The zero-order valence-corrected chi connectivity index (χ0v) is 12.1. The van der Waals surface area contributed by atoms with E-state index in [1.54, 1.807) is 17.2 Å². The predicted molar refractivity (Wildman–Crippen MR) is 79.1 cm³/mol. The molecule has 1 atom stereocenters. The number of primary amides is 1. The third kappa shape index (κ3) is 2.16. The Morgan fingerprint density at radius 2 is 2.20 bits per heavy atom. The van der Waals surface area contributed by atoms with Crippen LogP contribution in [0.1, 0.15) is 6.42 Å². The summed E-state index contributed by atoms with van der Waals surface area (Å²) < 4.78 is 0.914. The summed E-state index contributed by atoms with van der Waals surface area (Å²) in [6.07, 6.45) is 1.84. The number of carbonyl (C=O) groups excluding carboxylic acids is 2. The lowest BCUT2D eigenvalue weighted by Gasteiger charge is -2.18. The van der Waals surface area contributed by atoms with Crippen LogP contribution >= 0.6 is 15.9 Å². The summed E-state index contributed by atoms with van der Waals surface area (Å²) >= 11 is 3.42. The Morgan fingerprint density at radius 1 is 1.40 bits per heavy atom. The van der Waals surface area contributed by atoms with E-state index in [0.717, 1.165) is 21.1 Å². The van der Waals surface area contributed by atoms with Crippen molar-refractivity contribution >= 4 is 44.3 Å². The number of pyridine rings is 1. The lowest BCUT2D eigenvalue weighted by atomic mass is 10.1. The largest absolute Gasteiger partial charge is 0.369 e. The van der Waals surface area contributed by atoms with E-state index in [-0.39, 0.29) is 12.3 Å². The predicted octanol–water partition coefficient (Wildman–Crippen LogP) is 1.84. The van der Waals surface area contributed by atoms with E-state index in [4.69, 9.17) is 5.73 Å². The molecule has 1 aliphatic rings. The van der Waals surface area contributed by atoms with Crippen LogP contribution in [0.5, 0.6) is 0 Å². The van der Waals surface area contributed by atoms with Gasteiger partial charge in [0.25, 0.3) is 0 Å². The Morgan fingerprint density at radius 3 is 2.90 bits per heavy atom. The fraction of sp³-hybridized carbons (Fsp3) is 0.214. The molecule has 6 heteroatoms. The fourth-order valence-electron chi connectivity index (χ4n) is 2.47. The Hall–Kier alpha value is -1.95. The second kappa shape index (κ2) is 4.86. The first-order valence-electron chi connectivity index (χ1n) is 6.20. The van der Waals surface area contributed by atoms with Gasteiger partial charge < -0.3 is 10.6 Å². The van der Waals surface area contributed by atoms with Crippen LogP contribution in [0.2, 0.25) is 0 Å². The zero-order valence-electron chi connectivity index (χ0n) is 10.5. The molecule has 0 radical (unpaired) electrons. The van der Waals surface area contributed by atoms with Crippen LogP contribution in [0, 0.1) is 5.92 Å². The van der Waals surface area contributed by atoms with Crippen LogP contribution in [0.15, 0.2) is 34.9 Å². The zero-order chi connectivity index (χ0) is 14.3. The number of nitrogens with two attached hydrogens (primary N) is 1. The minimum atomic E-state index is -0.430. The topological polar surface area (TPSA) is 76.3 Å². The van der Waals surface area contributed by atoms with Gasteiger partial charge in [-0.15, -0.1) is 0 Å². The molecule has 0 saturated carbocycles. The highest BCUT2D eigenvalue weighted by molar-refractivity contribution is 9.10. The molecule has 3 rings (SSSR count). The first-order valence-corrected chi connectivity index (χ1v) is 6.99. The first-order chi connectivity index (χ1) is 9.56. The molecule has 1 aromatic carbocycles. The average molecular weight is 334 g/mol. The van der Waals surface area contributed by atoms with Gasteiger partial charge in [-0.2, -0.15) is 0 Å². The van der Waals surface area contributed by atoms with Gasteiger partial charge in [0, 0.05) is 29.0 Å². The highest BCUT2D eigenvalue weighted by Gasteiger charge is 2.34. The van der Waals surface area contributed by atoms with Gasteiger partial charge in [0.1, 0.15) is 0 Å². The number of benzene rings is 1. The molecule has 0 spiro atoms. The van der Waals surface area contributed by atoms with Gasteiger partial charge in [0.15, 0.2) is 0 Å². The van der Waals surface area contributed by atoms with E-state index < -0.39 is 11.8 Å². The van der Waals surface area contributed by atoms with E-state index in [1.165, 1.54) is 0 Å². The maximum absolute atomic E-state index is 12.1. The van der Waals surface area contributed by atoms with Gasteiger partial charge in [0.2, 0.25) is 11.8 Å². The number of hydrogen-bond acceptors (Lipinski definition) is 3. The molecule has 2 heterocycles. The van der Waals surface area contributed by atoms with Crippen molar-refractivity contribution in [1.29, 1.82) is 0 Å². The monoisotopic (exact) mass is 333 g/mol. The number of hydrogen-bond donors (Lipinski definition) is 1. The number of carbonyl (C=O) groups is 2. The molecular weight excluding hydrogens is 322 g/mol. The smallest absolute Gasteiger partial charge is 0.227 e. The first kappa shape index (κ1) is 13.1. The average Bonchev–Trinajstić information content (AvgIpc) is 2.80. The van der Waals surface area contributed by atoms with Crippen molar-refractivity contribution in [3.63, 3.8) is 0 Å². The molecule has 2 aromatic rings. The summed E-state index contributed by atoms with van der Waals surface area (Å²) in [7, 11) is 0. The molecule has 20 heavy (non-hydrogen) atoms. The van der Waals surface area contributed by atoms with Crippen molar-refractivity contribution in [3.05, 3.63) is 34.9 Å². The van der Waals surface area contributed by atoms with E-state index >= 15 is 0 Å². The fourth-order valence-corrected chi connectivity index (χ4v) is 2.83. The lowest BCUT2D eigenvalue weighted by Crippen LogP contribution is -2.28. The van der Waals surface area contributed by atoms with Crippen molar-refractivity contribution in [2.24, 2.45) is 11.7 Å². The number of fused-ring (bicyclic) bond motifs is 1. The van der Waals surface area contributed by atoms with Gasteiger partial charge in [0.05, 0.1) is 17.1 Å². The number of amides is 2. The van der Waals surface area contributed by atoms with Gasteiger partial charge in [-0.25, -0.2) is 0 Å². The van der Waals surface area contributed by atoms with Crippen LogP contribution in [-0.2, 0) is 9.59 Å². The van der Waals surface area contributed by atoms with Crippen LogP contribution in [0.4, 0.5) is 5.69 Å². The highest BCUT2D eigenvalue weighted by Crippen LogP contribution is 2.32. The van der Waals surface area contributed by atoms with Gasteiger partial charge >= 0.3 is 0 Å².